The minimum Gasteiger partial charge on any atom is -0.298 e. The summed E-state index contributed by atoms with van der Waals surface area (Å²) in [6.07, 6.45) is 20.8. The van der Waals surface area contributed by atoms with E-state index in [9.17, 15) is 4.79 Å². The molecule has 1 fully saturated rings. The zero-order valence-electron chi connectivity index (χ0n) is 11.7. The lowest BCUT2D eigenvalue weighted by Gasteiger charge is -2.26. The highest BCUT2D eigenvalue weighted by atomic mass is 16.1. The maximum atomic E-state index is 12.6. The van der Waals surface area contributed by atoms with Gasteiger partial charge in [0.05, 0.1) is 0 Å². The van der Waals surface area contributed by atoms with E-state index in [0.717, 1.165) is 24.2 Å². The standard InChI is InChI=1S/C18H19NO/c1-19-12-16(10-14-6-2-3-7-14)18(20)17(13-19)11-15-8-4-5-9-15/h2-11,14-15H,12-13H2,1H3/b16-10+,17-11+. The fraction of sp³-hybridized carbons (Fsp3) is 0.278. The van der Waals surface area contributed by atoms with Crippen LogP contribution in [0.3, 0.4) is 0 Å². The number of likely N-dealkylation sites (N-methyl/N-ethyl adjacent to an activating group) is 1. The fourth-order valence-electron chi connectivity index (χ4n) is 2.83. The molecular weight excluding hydrogens is 246 g/mol. The van der Waals surface area contributed by atoms with Gasteiger partial charge in [-0.15, -0.1) is 0 Å². The number of piperidine rings is 1. The first-order chi connectivity index (χ1) is 9.72. The SMILES string of the molecule is CN1C/C(=C\C2C=CC=C2)C(=O)/C(=C/C2C=CC=C2)C1. The Bertz CT molecular complexity index is 513. The van der Waals surface area contributed by atoms with E-state index in [1.165, 1.54) is 0 Å². The molecule has 1 saturated heterocycles. The van der Waals surface area contributed by atoms with Gasteiger partial charge in [0.25, 0.3) is 0 Å². The normalized spacial score (nSPS) is 27.8. The maximum Gasteiger partial charge on any atom is 0.187 e. The monoisotopic (exact) mass is 265 g/mol. The lowest BCUT2D eigenvalue weighted by atomic mass is 9.92. The number of hydrogen-bond acceptors (Lipinski definition) is 2. The Hall–Kier alpha value is -1.93. The van der Waals surface area contributed by atoms with E-state index in [1.54, 1.807) is 0 Å². The summed E-state index contributed by atoms with van der Waals surface area (Å²) in [5, 5.41) is 0. The van der Waals surface area contributed by atoms with Gasteiger partial charge in [0, 0.05) is 36.1 Å². The molecule has 0 saturated carbocycles. The van der Waals surface area contributed by atoms with Gasteiger partial charge in [-0.2, -0.15) is 0 Å². The van der Waals surface area contributed by atoms with E-state index in [-0.39, 0.29) is 17.6 Å². The summed E-state index contributed by atoms with van der Waals surface area (Å²) < 4.78 is 0. The van der Waals surface area contributed by atoms with Crippen molar-refractivity contribution in [3.63, 3.8) is 0 Å². The first-order valence-electron chi connectivity index (χ1n) is 7.07. The molecule has 102 valence electrons. The summed E-state index contributed by atoms with van der Waals surface area (Å²) in [7, 11) is 2.06. The second kappa shape index (κ2) is 5.59. The molecular formula is C18H19NO. The number of nitrogens with zero attached hydrogens (tertiary/aromatic N) is 1. The average molecular weight is 265 g/mol. The van der Waals surface area contributed by atoms with Gasteiger partial charge in [-0.1, -0.05) is 60.8 Å². The number of rotatable bonds is 2. The van der Waals surface area contributed by atoms with E-state index < -0.39 is 0 Å². The molecule has 0 bridgehead atoms. The predicted octanol–water partition coefficient (Wildman–Crippen LogP) is 2.84. The quantitative estimate of drug-likeness (QED) is 0.716. The van der Waals surface area contributed by atoms with Crippen LogP contribution in [0.4, 0.5) is 0 Å². The van der Waals surface area contributed by atoms with Crippen LogP contribution in [0, 0.1) is 11.8 Å². The number of allylic oxidation sites excluding steroid dienone is 10. The first-order valence-corrected chi connectivity index (χ1v) is 7.07. The van der Waals surface area contributed by atoms with Gasteiger partial charge in [0.2, 0.25) is 0 Å². The van der Waals surface area contributed by atoms with Crippen molar-refractivity contribution in [2.45, 2.75) is 0 Å². The summed E-state index contributed by atoms with van der Waals surface area (Å²) in [6.45, 7) is 1.48. The van der Waals surface area contributed by atoms with Gasteiger partial charge in [0.1, 0.15) is 0 Å². The summed E-state index contributed by atoms with van der Waals surface area (Å²) in [5.41, 5.74) is 1.83. The molecule has 3 rings (SSSR count). The Labute approximate surface area is 120 Å². The molecule has 0 N–H and O–H groups in total. The molecule has 1 heterocycles. The molecule has 0 amide bonds. The Kier molecular flexibility index (Phi) is 3.66. The van der Waals surface area contributed by atoms with Crippen LogP contribution in [0.2, 0.25) is 0 Å². The van der Waals surface area contributed by atoms with Gasteiger partial charge < -0.3 is 0 Å². The van der Waals surface area contributed by atoms with Crippen LogP contribution in [-0.2, 0) is 4.79 Å². The topological polar surface area (TPSA) is 20.3 Å². The van der Waals surface area contributed by atoms with Crippen LogP contribution in [0.1, 0.15) is 0 Å². The Balaban J connectivity index is 1.83. The molecule has 0 atom stereocenters. The highest BCUT2D eigenvalue weighted by Gasteiger charge is 2.25. The Morgan fingerprint density at radius 2 is 1.30 bits per heavy atom. The molecule has 0 aromatic carbocycles. The van der Waals surface area contributed by atoms with Gasteiger partial charge >= 0.3 is 0 Å². The zero-order valence-corrected chi connectivity index (χ0v) is 11.7. The third-order valence-electron chi connectivity index (χ3n) is 3.81. The molecule has 2 aliphatic carbocycles. The van der Waals surface area contributed by atoms with Crippen LogP contribution in [-0.4, -0.2) is 30.8 Å². The van der Waals surface area contributed by atoms with Crippen LogP contribution < -0.4 is 0 Å². The predicted molar refractivity (Wildman–Crippen MR) is 82.2 cm³/mol. The minimum atomic E-state index is 0.213. The molecule has 3 aliphatic rings. The van der Waals surface area contributed by atoms with Crippen molar-refractivity contribution in [3.05, 3.63) is 71.9 Å². The largest absolute Gasteiger partial charge is 0.298 e. The number of ketones is 1. The van der Waals surface area contributed by atoms with E-state index in [4.69, 9.17) is 0 Å². The first kappa shape index (κ1) is 13.1. The second-order valence-electron chi connectivity index (χ2n) is 5.58. The molecule has 1 aliphatic heterocycles. The summed E-state index contributed by atoms with van der Waals surface area (Å²) in [4.78, 5) is 14.8. The molecule has 0 aromatic heterocycles. The highest BCUT2D eigenvalue weighted by Crippen LogP contribution is 2.23. The lowest BCUT2D eigenvalue weighted by Crippen LogP contribution is -2.35. The highest BCUT2D eigenvalue weighted by molar-refractivity contribution is 6.09. The molecule has 0 spiro atoms. The number of likely N-dealkylation sites (tertiary alicyclic amines) is 1. The second-order valence-corrected chi connectivity index (χ2v) is 5.58. The van der Waals surface area contributed by atoms with Gasteiger partial charge in [-0.05, 0) is 7.05 Å². The van der Waals surface area contributed by atoms with Gasteiger partial charge in [-0.3, -0.25) is 9.69 Å². The Morgan fingerprint density at radius 1 is 0.900 bits per heavy atom. The summed E-state index contributed by atoms with van der Waals surface area (Å²) in [5.74, 6) is 0.756. The van der Waals surface area contributed by atoms with Crippen LogP contribution >= 0.6 is 0 Å². The van der Waals surface area contributed by atoms with E-state index in [1.807, 2.05) is 24.3 Å². The molecule has 2 nitrogen and oxygen atoms in total. The lowest BCUT2D eigenvalue weighted by molar-refractivity contribution is -0.113. The Morgan fingerprint density at radius 3 is 1.70 bits per heavy atom. The number of carbonyl (C=O) groups is 1. The minimum absolute atomic E-state index is 0.213. The number of carbonyl (C=O) groups excluding carboxylic acids is 1. The van der Waals surface area contributed by atoms with Crippen molar-refractivity contribution in [2.24, 2.45) is 11.8 Å². The molecule has 0 unspecified atom stereocenters. The molecule has 0 radical (unpaired) electrons. The van der Waals surface area contributed by atoms with Crippen LogP contribution in [0.5, 0.6) is 0 Å². The number of Topliss-reactive ketones (excluding diaryl/α,β-unsaturated/α-hetero) is 1. The van der Waals surface area contributed by atoms with E-state index in [2.05, 4.69) is 48.4 Å². The van der Waals surface area contributed by atoms with Crippen molar-refractivity contribution >= 4 is 5.78 Å². The van der Waals surface area contributed by atoms with E-state index >= 15 is 0 Å². The smallest absolute Gasteiger partial charge is 0.187 e. The zero-order chi connectivity index (χ0) is 13.9. The molecule has 2 heteroatoms. The van der Waals surface area contributed by atoms with Crippen molar-refractivity contribution in [1.29, 1.82) is 0 Å². The number of hydrogen-bond donors (Lipinski definition) is 0. The molecule has 20 heavy (non-hydrogen) atoms. The van der Waals surface area contributed by atoms with Crippen molar-refractivity contribution in [2.75, 3.05) is 20.1 Å². The van der Waals surface area contributed by atoms with Gasteiger partial charge in [0.15, 0.2) is 5.78 Å². The summed E-state index contributed by atoms with van der Waals surface area (Å²) in [6, 6.07) is 0. The third-order valence-corrected chi connectivity index (χ3v) is 3.81. The summed E-state index contributed by atoms with van der Waals surface area (Å²) >= 11 is 0. The fourth-order valence-corrected chi connectivity index (χ4v) is 2.83. The molecule has 0 aromatic rings. The van der Waals surface area contributed by atoms with Crippen LogP contribution in [0.25, 0.3) is 0 Å². The van der Waals surface area contributed by atoms with Gasteiger partial charge in [-0.25, -0.2) is 0 Å². The van der Waals surface area contributed by atoms with E-state index in [0.29, 0.717) is 0 Å². The average Bonchev–Trinajstić information content (AvgIpc) is 3.08. The maximum absolute atomic E-state index is 12.6. The third kappa shape index (κ3) is 2.81. The van der Waals surface area contributed by atoms with Crippen molar-refractivity contribution < 1.29 is 4.79 Å². The van der Waals surface area contributed by atoms with Crippen LogP contribution in [0.15, 0.2) is 71.9 Å². The van der Waals surface area contributed by atoms with Crippen molar-refractivity contribution in [3.8, 4) is 0 Å². The van der Waals surface area contributed by atoms with Crippen molar-refractivity contribution in [1.82, 2.24) is 4.90 Å².